The smallest absolute Gasteiger partial charge is 0.235 e. The van der Waals surface area contributed by atoms with Gasteiger partial charge in [0.15, 0.2) is 5.82 Å². The molecule has 2 amide bonds. The molecule has 7 nitrogen and oxygen atoms in total. The van der Waals surface area contributed by atoms with E-state index in [-0.39, 0.29) is 18.4 Å². The Morgan fingerprint density at radius 1 is 1.34 bits per heavy atom. The van der Waals surface area contributed by atoms with Gasteiger partial charge in [0.05, 0.1) is 34.5 Å². The number of nitrogens with zero attached hydrogens (tertiary/aromatic N) is 2. The van der Waals surface area contributed by atoms with Crippen molar-refractivity contribution in [1.29, 1.82) is 0 Å². The number of carbonyl (C=O) groups is 2. The molecule has 1 aromatic heterocycles. The fourth-order valence-corrected chi connectivity index (χ4v) is 4.75. The second kappa shape index (κ2) is 6.58. The van der Waals surface area contributed by atoms with Crippen LogP contribution < -0.4 is 10.2 Å². The largest absolute Gasteiger partial charge is 0.360 e. The van der Waals surface area contributed by atoms with Gasteiger partial charge in [-0.05, 0) is 24.6 Å². The lowest BCUT2D eigenvalue weighted by molar-refractivity contribution is -0.132. The van der Waals surface area contributed by atoms with E-state index in [4.69, 9.17) is 32.5 Å². The van der Waals surface area contributed by atoms with Crippen molar-refractivity contribution in [3.8, 4) is 0 Å². The number of aromatic nitrogens is 1. The van der Waals surface area contributed by atoms with E-state index in [0.717, 1.165) is 5.56 Å². The molecule has 1 N–H and O–H groups in total. The molecule has 4 atom stereocenters. The summed E-state index contributed by atoms with van der Waals surface area (Å²) in [7, 11) is 0. The lowest BCUT2D eigenvalue weighted by Gasteiger charge is -2.23. The van der Waals surface area contributed by atoms with Gasteiger partial charge in [-0.3, -0.25) is 14.5 Å². The van der Waals surface area contributed by atoms with Crippen molar-refractivity contribution in [2.24, 2.45) is 11.8 Å². The molecule has 2 aromatic rings. The molecule has 29 heavy (non-hydrogen) atoms. The van der Waals surface area contributed by atoms with Crippen molar-refractivity contribution >= 4 is 40.8 Å². The molecule has 3 aliphatic rings. The Labute approximate surface area is 176 Å². The van der Waals surface area contributed by atoms with E-state index >= 15 is 0 Å². The number of carbonyl (C=O) groups excluding carboxylic acids is 2. The number of anilines is 1. The van der Waals surface area contributed by atoms with Gasteiger partial charge in [-0.1, -0.05) is 46.6 Å². The number of fused-ring (bicyclic) bond motifs is 1. The maximum Gasteiger partial charge on any atom is 0.235 e. The Balaban J connectivity index is 1.36. The van der Waals surface area contributed by atoms with Crippen LogP contribution >= 0.6 is 23.2 Å². The summed E-state index contributed by atoms with van der Waals surface area (Å²) in [6, 6.07) is 6.88. The lowest BCUT2D eigenvalue weighted by atomic mass is 9.77. The average Bonchev–Trinajstić information content (AvgIpc) is 3.43. The van der Waals surface area contributed by atoms with Crippen LogP contribution in [0.4, 0.5) is 5.82 Å². The van der Waals surface area contributed by atoms with Gasteiger partial charge < -0.3 is 14.6 Å². The van der Waals surface area contributed by atoms with Gasteiger partial charge >= 0.3 is 0 Å². The molecule has 0 saturated carbocycles. The molecule has 0 unspecified atom stereocenters. The number of amides is 2. The third kappa shape index (κ3) is 2.87. The van der Waals surface area contributed by atoms with Gasteiger partial charge in [0.1, 0.15) is 11.4 Å². The summed E-state index contributed by atoms with van der Waals surface area (Å²) in [5, 5.41) is 7.72. The normalized spacial score (nSPS) is 29.6. The number of rotatable bonds is 4. The first-order valence-corrected chi connectivity index (χ1v) is 9.97. The summed E-state index contributed by atoms with van der Waals surface area (Å²) < 4.78 is 11.2. The van der Waals surface area contributed by atoms with Crippen molar-refractivity contribution in [2.75, 3.05) is 11.4 Å². The summed E-state index contributed by atoms with van der Waals surface area (Å²) >= 11 is 12.0. The summed E-state index contributed by atoms with van der Waals surface area (Å²) in [6.07, 6.45) is 3.35. The zero-order valence-corrected chi connectivity index (χ0v) is 16.9. The Hall–Kier alpha value is -2.35. The maximum absolute atomic E-state index is 13.2. The molecule has 1 aromatic carbocycles. The molecule has 2 fully saturated rings. The van der Waals surface area contributed by atoms with E-state index in [2.05, 4.69) is 10.5 Å². The van der Waals surface area contributed by atoms with Crippen LogP contribution in [0.5, 0.6) is 0 Å². The highest BCUT2D eigenvalue weighted by Gasteiger charge is 2.67. The molecule has 3 aliphatic heterocycles. The SMILES string of the molecule is Cc1cc(N2C[C@@]34C=C[C@@H](O3)[C@H](C(=O)NCc3ccc(Cl)c(Cl)c3)[C@H]4C2=O)no1. The number of benzene rings is 1. The minimum absolute atomic E-state index is 0.181. The molecule has 4 heterocycles. The molecule has 0 aliphatic carbocycles. The van der Waals surface area contributed by atoms with E-state index in [1.807, 2.05) is 12.2 Å². The van der Waals surface area contributed by atoms with Crippen molar-refractivity contribution in [3.05, 3.63) is 57.8 Å². The third-order valence-electron chi connectivity index (χ3n) is 5.75. The van der Waals surface area contributed by atoms with Gasteiger partial charge in [-0.2, -0.15) is 0 Å². The van der Waals surface area contributed by atoms with Crippen molar-refractivity contribution in [2.45, 2.75) is 25.2 Å². The van der Waals surface area contributed by atoms with Crippen LogP contribution in [0, 0.1) is 18.8 Å². The predicted octanol–water partition coefficient (Wildman–Crippen LogP) is 2.89. The number of aryl methyl sites for hydroxylation is 1. The Kier molecular flexibility index (Phi) is 4.24. The minimum Gasteiger partial charge on any atom is -0.360 e. The van der Waals surface area contributed by atoms with Crippen LogP contribution in [-0.2, 0) is 20.9 Å². The van der Waals surface area contributed by atoms with Crippen LogP contribution in [-0.4, -0.2) is 35.2 Å². The van der Waals surface area contributed by atoms with Crippen LogP contribution in [0.2, 0.25) is 10.0 Å². The number of nitrogens with one attached hydrogen (secondary N) is 1. The predicted molar refractivity (Wildman–Crippen MR) is 106 cm³/mol. The molecule has 150 valence electrons. The molecule has 9 heteroatoms. The first kappa shape index (κ1) is 18.7. The van der Waals surface area contributed by atoms with Crippen LogP contribution in [0.1, 0.15) is 11.3 Å². The summed E-state index contributed by atoms with van der Waals surface area (Å²) in [5.41, 5.74) is 0.0136. The molecular formula is C20H17Cl2N3O4. The number of ether oxygens (including phenoxy) is 1. The summed E-state index contributed by atoms with van der Waals surface area (Å²) in [6.45, 7) is 2.35. The first-order valence-electron chi connectivity index (χ1n) is 9.21. The molecule has 2 bridgehead atoms. The van der Waals surface area contributed by atoms with E-state index in [1.54, 1.807) is 31.2 Å². The number of halogens is 2. The fraction of sp³-hybridized carbons (Fsp3) is 0.350. The number of hydrogen-bond acceptors (Lipinski definition) is 5. The van der Waals surface area contributed by atoms with Gasteiger partial charge in [0.2, 0.25) is 11.8 Å². The fourth-order valence-electron chi connectivity index (χ4n) is 4.43. The highest BCUT2D eigenvalue weighted by atomic mass is 35.5. The van der Waals surface area contributed by atoms with E-state index in [0.29, 0.717) is 28.2 Å². The molecular weight excluding hydrogens is 417 g/mol. The second-order valence-corrected chi connectivity index (χ2v) is 8.40. The molecule has 2 saturated heterocycles. The first-order chi connectivity index (χ1) is 13.9. The monoisotopic (exact) mass is 433 g/mol. The highest BCUT2D eigenvalue weighted by molar-refractivity contribution is 6.42. The summed E-state index contributed by atoms with van der Waals surface area (Å²) in [4.78, 5) is 27.7. The Bertz CT molecular complexity index is 1050. The zero-order valence-electron chi connectivity index (χ0n) is 15.4. The van der Waals surface area contributed by atoms with E-state index in [9.17, 15) is 9.59 Å². The van der Waals surface area contributed by atoms with Crippen LogP contribution in [0.25, 0.3) is 0 Å². The highest BCUT2D eigenvalue weighted by Crippen LogP contribution is 2.52. The zero-order chi connectivity index (χ0) is 20.3. The Morgan fingerprint density at radius 3 is 2.90 bits per heavy atom. The van der Waals surface area contributed by atoms with Gasteiger partial charge in [-0.15, -0.1) is 0 Å². The molecule has 1 spiro atoms. The van der Waals surface area contributed by atoms with Gasteiger partial charge in [-0.25, -0.2) is 0 Å². The van der Waals surface area contributed by atoms with Crippen molar-refractivity contribution in [3.63, 3.8) is 0 Å². The van der Waals surface area contributed by atoms with Crippen LogP contribution in [0.3, 0.4) is 0 Å². The quantitative estimate of drug-likeness (QED) is 0.749. The van der Waals surface area contributed by atoms with E-state index < -0.39 is 23.5 Å². The van der Waals surface area contributed by atoms with Gasteiger partial charge in [0, 0.05) is 12.6 Å². The maximum atomic E-state index is 13.2. The Morgan fingerprint density at radius 2 is 2.17 bits per heavy atom. The average molecular weight is 434 g/mol. The molecule has 0 radical (unpaired) electrons. The minimum atomic E-state index is -0.805. The topological polar surface area (TPSA) is 84.7 Å². The number of hydrogen-bond donors (Lipinski definition) is 1. The van der Waals surface area contributed by atoms with Crippen molar-refractivity contribution < 1.29 is 18.8 Å². The van der Waals surface area contributed by atoms with Gasteiger partial charge in [0.25, 0.3) is 0 Å². The second-order valence-electron chi connectivity index (χ2n) is 7.59. The third-order valence-corrected chi connectivity index (χ3v) is 6.48. The van der Waals surface area contributed by atoms with Crippen molar-refractivity contribution in [1.82, 2.24) is 10.5 Å². The summed E-state index contributed by atoms with van der Waals surface area (Å²) in [5.74, 6) is -0.564. The standard InChI is InChI=1S/C20H17Cl2N3O4/c1-10-6-15(24-29-10)25-9-20-5-4-14(28-20)16(17(20)19(25)27)18(26)23-8-11-2-3-12(21)13(22)7-11/h2-7,14,16-17H,8-9H2,1H3,(H,23,26)/t14-,16+,17+,20-/m1/s1. The van der Waals surface area contributed by atoms with E-state index in [1.165, 1.54) is 4.90 Å². The molecule has 5 rings (SSSR count). The lowest BCUT2D eigenvalue weighted by Crippen LogP contribution is -2.44. The van der Waals surface area contributed by atoms with Crippen LogP contribution in [0.15, 0.2) is 40.9 Å².